The van der Waals surface area contributed by atoms with Gasteiger partial charge in [0.2, 0.25) is 0 Å². The first-order valence-corrected chi connectivity index (χ1v) is 6.47. The zero-order valence-electron chi connectivity index (χ0n) is 11.1. The summed E-state index contributed by atoms with van der Waals surface area (Å²) in [5.74, 6) is -0.717. The second kappa shape index (κ2) is 6.01. The summed E-state index contributed by atoms with van der Waals surface area (Å²) in [6, 6.07) is 5.64. The van der Waals surface area contributed by atoms with Crippen molar-refractivity contribution in [1.29, 1.82) is 0 Å². The Morgan fingerprint density at radius 2 is 2.10 bits per heavy atom. The van der Waals surface area contributed by atoms with Crippen LogP contribution in [-0.2, 0) is 0 Å². The van der Waals surface area contributed by atoms with Crippen molar-refractivity contribution in [2.45, 2.75) is 20.0 Å². The van der Waals surface area contributed by atoms with Crippen molar-refractivity contribution in [1.82, 2.24) is 4.98 Å². The summed E-state index contributed by atoms with van der Waals surface area (Å²) in [6.45, 7) is 3.73. The van der Waals surface area contributed by atoms with Gasteiger partial charge in [-0.25, -0.2) is 4.39 Å². The van der Waals surface area contributed by atoms with Crippen molar-refractivity contribution in [2.75, 3.05) is 0 Å². The third-order valence-corrected chi connectivity index (χ3v) is 2.85. The molecule has 0 aliphatic rings. The maximum absolute atomic E-state index is 13.7. The molecule has 0 saturated heterocycles. The fraction of sp³-hybridized carbons (Fsp3) is 0.200. The Balaban J connectivity index is 2.39. The smallest absolute Gasteiger partial charge is 0.199 e. The number of carbonyl (C=O) groups is 1. The van der Waals surface area contributed by atoms with Gasteiger partial charge in [-0.05, 0) is 32.0 Å². The molecule has 0 saturated carbocycles. The first-order chi connectivity index (χ1) is 9.49. The number of halogens is 2. The van der Waals surface area contributed by atoms with Crippen LogP contribution >= 0.6 is 11.6 Å². The van der Waals surface area contributed by atoms with Crippen LogP contribution in [0.1, 0.15) is 29.8 Å². The fourth-order valence-electron chi connectivity index (χ4n) is 1.74. The van der Waals surface area contributed by atoms with E-state index >= 15 is 0 Å². The highest BCUT2D eigenvalue weighted by atomic mass is 35.5. The summed E-state index contributed by atoms with van der Waals surface area (Å²) in [5, 5.41) is 0.0742. The molecule has 0 atom stereocenters. The summed E-state index contributed by atoms with van der Waals surface area (Å²) >= 11 is 5.89. The Hall–Kier alpha value is -1.94. The van der Waals surface area contributed by atoms with E-state index in [0.717, 1.165) is 0 Å². The molecule has 1 aromatic carbocycles. The number of hydrogen-bond acceptors (Lipinski definition) is 3. The third kappa shape index (κ3) is 3.14. The van der Waals surface area contributed by atoms with E-state index in [9.17, 15) is 9.18 Å². The summed E-state index contributed by atoms with van der Waals surface area (Å²) in [7, 11) is 0. The van der Waals surface area contributed by atoms with Crippen LogP contribution in [0.15, 0.2) is 36.7 Å². The molecule has 0 N–H and O–H groups in total. The number of rotatable bonds is 4. The van der Waals surface area contributed by atoms with Crippen LogP contribution in [0, 0.1) is 5.82 Å². The molecule has 0 radical (unpaired) electrons. The Morgan fingerprint density at radius 3 is 2.75 bits per heavy atom. The highest BCUT2D eigenvalue weighted by Crippen LogP contribution is 2.23. The number of aromatic nitrogens is 1. The largest absolute Gasteiger partial charge is 0.489 e. The van der Waals surface area contributed by atoms with Gasteiger partial charge >= 0.3 is 0 Å². The van der Waals surface area contributed by atoms with Crippen molar-refractivity contribution >= 4 is 17.4 Å². The van der Waals surface area contributed by atoms with E-state index in [2.05, 4.69) is 4.98 Å². The standard InChI is InChI=1S/C15H13ClFNO2/c1-9(2)20-11-6-10(7-18-8-11)15(19)14-12(16)4-3-5-13(14)17/h3-9H,1-2H3. The van der Waals surface area contributed by atoms with Gasteiger partial charge < -0.3 is 4.74 Å². The van der Waals surface area contributed by atoms with Crippen LogP contribution < -0.4 is 4.74 Å². The number of hydrogen-bond donors (Lipinski definition) is 0. The molecule has 0 spiro atoms. The average Bonchev–Trinajstić information content (AvgIpc) is 2.38. The molecular weight excluding hydrogens is 281 g/mol. The van der Waals surface area contributed by atoms with Gasteiger partial charge in [-0.15, -0.1) is 0 Å². The summed E-state index contributed by atoms with van der Waals surface area (Å²) in [5.41, 5.74) is 0.0767. The third-order valence-electron chi connectivity index (χ3n) is 2.54. The predicted molar refractivity (Wildman–Crippen MR) is 74.8 cm³/mol. The van der Waals surface area contributed by atoms with Gasteiger partial charge in [0.1, 0.15) is 11.6 Å². The van der Waals surface area contributed by atoms with Crippen LogP contribution in [0.5, 0.6) is 5.75 Å². The highest BCUT2D eigenvalue weighted by molar-refractivity contribution is 6.35. The molecule has 0 unspecified atom stereocenters. The van der Waals surface area contributed by atoms with Crippen molar-refractivity contribution in [3.8, 4) is 5.75 Å². The number of nitrogens with zero attached hydrogens (tertiary/aromatic N) is 1. The van der Waals surface area contributed by atoms with Crippen LogP contribution in [0.3, 0.4) is 0 Å². The van der Waals surface area contributed by atoms with E-state index in [-0.39, 0.29) is 22.3 Å². The number of pyridine rings is 1. The molecule has 1 heterocycles. The quantitative estimate of drug-likeness (QED) is 0.803. The van der Waals surface area contributed by atoms with E-state index in [1.165, 1.54) is 36.7 Å². The maximum Gasteiger partial charge on any atom is 0.199 e. The van der Waals surface area contributed by atoms with Crippen molar-refractivity contribution in [2.24, 2.45) is 0 Å². The van der Waals surface area contributed by atoms with Gasteiger partial charge in [-0.3, -0.25) is 9.78 Å². The van der Waals surface area contributed by atoms with Gasteiger partial charge in [0.25, 0.3) is 0 Å². The normalized spacial score (nSPS) is 10.7. The SMILES string of the molecule is CC(C)Oc1cncc(C(=O)c2c(F)cccc2Cl)c1. The van der Waals surface area contributed by atoms with E-state index in [0.29, 0.717) is 5.75 Å². The fourth-order valence-corrected chi connectivity index (χ4v) is 1.99. The molecule has 2 aromatic rings. The summed E-state index contributed by atoms with van der Waals surface area (Å²) in [6.07, 6.45) is 2.82. The zero-order valence-corrected chi connectivity index (χ0v) is 11.8. The van der Waals surface area contributed by atoms with E-state index in [1.807, 2.05) is 13.8 Å². The lowest BCUT2D eigenvalue weighted by Gasteiger charge is -2.10. The molecule has 3 nitrogen and oxygen atoms in total. The van der Waals surface area contributed by atoms with Crippen molar-refractivity contribution in [3.05, 3.63) is 58.6 Å². The van der Waals surface area contributed by atoms with Crippen LogP contribution in [0.25, 0.3) is 0 Å². The first kappa shape index (κ1) is 14.5. The number of ether oxygens (including phenoxy) is 1. The van der Waals surface area contributed by atoms with Gasteiger partial charge in [0.15, 0.2) is 5.78 Å². The average molecular weight is 294 g/mol. The number of ketones is 1. The first-order valence-electron chi connectivity index (χ1n) is 6.09. The molecule has 0 aliphatic heterocycles. The predicted octanol–water partition coefficient (Wildman–Crippen LogP) is 3.89. The molecule has 0 bridgehead atoms. The van der Waals surface area contributed by atoms with E-state index in [4.69, 9.17) is 16.3 Å². The Bertz CT molecular complexity index is 623. The molecule has 104 valence electrons. The molecule has 0 aliphatic carbocycles. The van der Waals surface area contributed by atoms with Gasteiger partial charge in [0.05, 0.1) is 22.9 Å². The molecule has 1 aromatic heterocycles. The second-order valence-corrected chi connectivity index (χ2v) is 4.91. The minimum atomic E-state index is -0.655. The molecule has 20 heavy (non-hydrogen) atoms. The lowest BCUT2D eigenvalue weighted by atomic mass is 10.0. The van der Waals surface area contributed by atoms with E-state index < -0.39 is 11.6 Å². The van der Waals surface area contributed by atoms with E-state index in [1.54, 1.807) is 0 Å². The summed E-state index contributed by atoms with van der Waals surface area (Å²) in [4.78, 5) is 16.2. The molecular formula is C15H13ClFNO2. The minimum absolute atomic E-state index is 0.0424. The number of benzene rings is 1. The van der Waals surface area contributed by atoms with Crippen molar-refractivity contribution in [3.63, 3.8) is 0 Å². The second-order valence-electron chi connectivity index (χ2n) is 4.50. The topological polar surface area (TPSA) is 39.2 Å². The Labute approximate surface area is 121 Å². The van der Waals surface area contributed by atoms with Crippen molar-refractivity contribution < 1.29 is 13.9 Å². The van der Waals surface area contributed by atoms with Crippen LogP contribution in [0.4, 0.5) is 4.39 Å². The van der Waals surface area contributed by atoms with Crippen LogP contribution in [0.2, 0.25) is 5.02 Å². The molecule has 2 rings (SSSR count). The molecule has 0 fully saturated rings. The van der Waals surface area contributed by atoms with Gasteiger partial charge in [0, 0.05) is 11.8 Å². The van der Waals surface area contributed by atoms with Gasteiger partial charge in [-0.2, -0.15) is 0 Å². The highest BCUT2D eigenvalue weighted by Gasteiger charge is 2.18. The number of carbonyl (C=O) groups excluding carboxylic acids is 1. The zero-order chi connectivity index (χ0) is 14.7. The lowest BCUT2D eigenvalue weighted by Crippen LogP contribution is -2.09. The van der Waals surface area contributed by atoms with Gasteiger partial charge in [-0.1, -0.05) is 17.7 Å². The molecule has 5 heteroatoms. The minimum Gasteiger partial charge on any atom is -0.489 e. The van der Waals surface area contributed by atoms with Crippen LogP contribution in [-0.4, -0.2) is 16.9 Å². The Morgan fingerprint density at radius 1 is 1.35 bits per heavy atom. The molecule has 0 amide bonds. The summed E-state index contributed by atoms with van der Waals surface area (Å²) < 4.78 is 19.2. The Kier molecular flexibility index (Phi) is 4.35. The maximum atomic E-state index is 13.7. The lowest BCUT2D eigenvalue weighted by molar-refractivity contribution is 0.103. The monoisotopic (exact) mass is 293 g/mol.